The highest BCUT2D eigenvalue weighted by atomic mass is 19.4. The number of methoxy groups -OCH3 is 1. The van der Waals surface area contributed by atoms with Gasteiger partial charge in [0.2, 0.25) is 0 Å². The number of aliphatic hydroxyl groups excluding tert-OH is 1. The summed E-state index contributed by atoms with van der Waals surface area (Å²) >= 11 is 0. The minimum atomic E-state index is -4.37. The molecule has 0 saturated carbocycles. The number of halogens is 3. The third kappa shape index (κ3) is 1.85. The van der Waals surface area contributed by atoms with Crippen molar-refractivity contribution < 1.29 is 27.8 Å². The zero-order chi connectivity index (χ0) is 13.6. The second-order valence-corrected chi connectivity index (χ2v) is 4.98. The van der Waals surface area contributed by atoms with Crippen LogP contribution in [0.5, 0.6) is 0 Å². The normalized spacial score (nSPS) is 40.3. The zero-order valence-corrected chi connectivity index (χ0v) is 10.0. The molecular weight excluding hydrogens is 251 g/mol. The van der Waals surface area contributed by atoms with Crippen LogP contribution in [0, 0.1) is 11.8 Å². The first-order chi connectivity index (χ1) is 8.36. The van der Waals surface area contributed by atoms with Crippen molar-refractivity contribution in [2.75, 3.05) is 33.4 Å². The van der Waals surface area contributed by atoms with Crippen molar-refractivity contribution >= 4 is 5.78 Å². The predicted octanol–water partition coefficient (Wildman–Crippen LogP) is 0.447. The van der Waals surface area contributed by atoms with Gasteiger partial charge in [0.15, 0.2) is 5.78 Å². The van der Waals surface area contributed by atoms with Crippen LogP contribution in [0.4, 0.5) is 13.2 Å². The van der Waals surface area contributed by atoms with E-state index in [4.69, 9.17) is 4.74 Å². The van der Waals surface area contributed by atoms with Crippen LogP contribution in [0.2, 0.25) is 0 Å². The van der Waals surface area contributed by atoms with Crippen LogP contribution < -0.4 is 0 Å². The molecule has 3 heterocycles. The van der Waals surface area contributed by atoms with Crippen molar-refractivity contribution in [1.29, 1.82) is 0 Å². The second-order valence-electron chi connectivity index (χ2n) is 4.98. The van der Waals surface area contributed by atoms with E-state index < -0.39 is 35.9 Å². The fraction of sp³-hybridized carbons (Fsp3) is 0.909. The molecule has 7 heteroatoms. The molecule has 4 nitrogen and oxygen atoms in total. The Morgan fingerprint density at radius 3 is 2.67 bits per heavy atom. The molecule has 0 aromatic rings. The fourth-order valence-electron chi connectivity index (χ4n) is 3.11. The standard InChI is InChI=1S/C11H16F3NO3/c1-18-6-10(5-16)9(17)7-2-3-15(10)4-8(7)11(12,13)14/h7-8,16H,2-6H2,1H3/t7-,8+,10+/m0/s1. The summed E-state index contributed by atoms with van der Waals surface area (Å²) in [5, 5.41) is 9.43. The highest BCUT2D eigenvalue weighted by Crippen LogP contribution is 2.46. The highest BCUT2D eigenvalue weighted by Gasteiger charge is 2.62. The minimum Gasteiger partial charge on any atom is -0.394 e. The van der Waals surface area contributed by atoms with Crippen molar-refractivity contribution in [3.63, 3.8) is 0 Å². The predicted molar refractivity (Wildman–Crippen MR) is 55.9 cm³/mol. The molecule has 18 heavy (non-hydrogen) atoms. The van der Waals surface area contributed by atoms with E-state index in [0.29, 0.717) is 6.54 Å². The summed E-state index contributed by atoms with van der Waals surface area (Å²) in [4.78, 5) is 13.6. The molecule has 2 bridgehead atoms. The van der Waals surface area contributed by atoms with Gasteiger partial charge < -0.3 is 9.84 Å². The maximum atomic E-state index is 12.8. The van der Waals surface area contributed by atoms with E-state index in [0.717, 1.165) is 0 Å². The number of piperidine rings is 3. The van der Waals surface area contributed by atoms with Crippen LogP contribution in [0.1, 0.15) is 6.42 Å². The van der Waals surface area contributed by atoms with Gasteiger partial charge in [-0.3, -0.25) is 9.69 Å². The average molecular weight is 267 g/mol. The van der Waals surface area contributed by atoms with E-state index >= 15 is 0 Å². The van der Waals surface area contributed by atoms with Crippen LogP contribution >= 0.6 is 0 Å². The van der Waals surface area contributed by atoms with Gasteiger partial charge >= 0.3 is 6.18 Å². The molecule has 3 aliphatic heterocycles. The van der Waals surface area contributed by atoms with Crippen LogP contribution in [0.25, 0.3) is 0 Å². The number of nitrogens with zero attached hydrogens (tertiary/aromatic N) is 1. The fourth-order valence-corrected chi connectivity index (χ4v) is 3.11. The summed E-state index contributed by atoms with van der Waals surface area (Å²) in [7, 11) is 1.37. The summed E-state index contributed by atoms with van der Waals surface area (Å²) in [6.07, 6.45) is -4.16. The van der Waals surface area contributed by atoms with Crippen molar-refractivity contribution in [2.45, 2.75) is 18.1 Å². The van der Waals surface area contributed by atoms with Gasteiger partial charge in [0.25, 0.3) is 0 Å². The van der Waals surface area contributed by atoms with Crippen molar-refractivity contribution in [3.8, 4) is 0 Å². The molecule has 0 spiro atoms. The number of aliphatic hydroxyl groups is 1. The molecule has 0 amide bonds. The molecule has 3 saturated heterocycles. The van der Waals surface area contributed by atoms with Gasteiger partial charge in [-0.15, -0.1) is 0 Å². The van der Waals surface area contributed by atoms with Crippen molar-refractivity contribution in [1.82, 2.24) is 4.90 Å². The van der Waals surface area contributed by atoms with Crippen LogP contribution in [-0.4, -0.2) is 60.9 Å². The Hall–Kier alpha value is -0.660. The van der Waals surface area contributed by atoms with E-state index in [1.54, 1.807) is 0 Å². The van der Waals surface area contributed by atoms with Gasteiger partial charge in [-0.25, -0.2) is 0 Å². The van der Waals surface area contributed by atoms with E-state index in [9.17, 15) is 23.1 Å². The Bertz CT molecular complexity index is 347. The summed E-state index contributed by atoms with van der Waals surface area (Å²) in [6, 6.07) is 0. The Morgan fingerprint density at radius 2 is 2.22 bits per heavy atom. The zero-order valence-electron chi connectivity index (χ0n) is 10.0. The summed E-state index contributed by atoms with van der Waals surface area (Å²) < 4.78 is 43.4. The van der Waals surface area contributed by atoms with Crippen molar-refractivity contribution in [2.24, 2.45) is 11.8 Å². The number of carbonyl (C=O) groups excluding carboxylic acids is 1. The van der Waals surface area contributed by atoms with Gasteiger partial charge in [0.05, 0.1) is 19.1 Å². The molecule has 3 aliphatic rings. The molecule has 104 valence electrons. The lowest BCUT2D eigenvalue weighted by Crippen LogP contribution is -2.72. The molecular formula is C11H16F3NO3. The summed E-state index contributed by atoms with van der Waals surface area (Å²) in [5.74, 6) is -3.20. The first kappa shape index (κ1) is 13.8. The van der Waals surface area contributed by atoms with Crippen LogP contribution in [-0.2, 0) is 9.53 Å². The Kier molecular flexibility index (Phi) is 3.42. The number of Topliss-reactive ketones (excluding diaryl/α,β-unsaturated/α-hetero) is 1. The minimum absolute atomic E-state index is 0.0661. The van der Waals surface area contributed by atoms with E-state index in [1.165, 1.54) is 12.0 Å². The van der Waals surface area contributed by atoms with E-state index in [1.807, 2.05) is 0 Å². The van der Waals surface area contributed by atoms with Gasteiger partial charge in [0.1, 0.15) is 5.54 Å². The largest absolute Gasteiger partial charge is 0.394 e. The Balaban J connectivity index is 2.31. The first-order valence-electron chi connectivity index (χ1n) is 5.82. The quantitative estimate of drug-likeness (QED) is 0.806. The lowest BCUT2D eigenvalue weighted by molar-refractivity contribution is -0.229. The third-order valence-electron chi connectivity index (χ3n) is 4.08. The summed E-state index contributed by atoms with van der Waals surface area (Å²) in [5.41, 5.74) is -1.28. The molecule has 0 aliphatic carbocycles. The monoisotopic (exact) mass is 267 g/mol. The Labute approximate surface area is 103 Å². The summed E-state index contributed by atoms with van der Waals surface area (Å²) in [6.45, 7) is -0.402. The molecule has 1 N–H and O–H groups in total. The molecule has 0 radical (unpaired) electrons. The number of alkyl halides is 3. The lowest BCUT2D eigenvalue weighted by Gasteiger charge is -2.54. The smallest absolute Gasteiger partial charge is 0.393 e. The van der Waals surface area contributed by atoms with Crippen LogP contribution in [0.3, 0.4) is 0 Å². The maximum Gasteiger partial charge on any atom is 0.393 e. The highest BCUT2D eigenvalue weighted by molar-refractivity contribution is 5.92. The average Bonchev–Trinajstić information content (AvgIpc) is 2.32. The number of rotatable bonds is 3. The number of hydrogen-bond acceptors (Lipinski definition) is 4. The molecule has 3 fully saturated rings. The van der Waals surface area contributed by atoms with E-state index in [-0.39, 0.29) is 19.6 Å². The van der Waals surface area contributed by atoms with Crippen LogP contribution in [0.15, 0.2) is 0 Å². The number of carbonyl (C=O) groups is 1. The third-order valence-corrected chi connectivity index (χ3v) is 4.08. The second kappa shape index (κ2) is 4.47. The Morgan fingerprint density at radius 1 is 1.56 bits per heavy atom. The maximum absolute atomic E-state index is 12.8. The molecule has 1 unspecified atom stereocenters. The number of ether oxygens (including phenoxy) is 1. The first-order valence-corrected chi connectivity index (χ1v) is 5.82. The molecule has 0 aromatic carbocycles. The molecule has 0 aromatic heterocycles. The molecule has 4 atom stereocenters. The number of hydrogen-bond donors (Lipinski definition) is 1. The van der Waals surface area contributed by atoms with E-state index in [2.05, 4.69) is 0 Å². The lowest BCUT2D eigenvalue weighted by atomic mass is 9.68. The van der Waals surface area contributed by atoms with Gasteiger partial charge in [-0.2, -0.15) is 13.2 Å². The SMILES string of the molecule is COC[C@]1(CO)C(=O)[C@H]2CCN1C[C@H]2C(F)(F)F. The topological polar surface area (TPSA) is 49.8 Å². The number of ketones is 1. The van der Waals surface area contributed by atoms with Crippen molar-refractivity contribution in [3.05, 3.63) is 0 Å². The van der Waals surface area contributed by atoms with Gasteiger partial charge in [-0.1, -0.05) is 0 Å². The van der Waals surface area contributed by atoms with Gasteiger partial charge in [-0.05, 0) is 13.0 Å². The number of fused-ring (bicyclic) bond motifs is 3. The molecule has 3 rings (SSSR count). The van der Waals surface area contributed by atoms with Gasteiger partial charge in [0, 0.05) is 19.6 Å².